The number of aromatic amines is 1. The summed E-state index contributed by atoms with van der Waals surface area (Å²) in [6, 6.07) is 8.82. The van der Waals surface area contributed by atoms with E-state index in [0.29, 0.717) is 50.4 Å². The van der Waals surface area contributed by atoms with Gasteiger partial charge in [-0.2, -0.15) is 0 Å². The van der Waals surface area contributed by atoms with Gasteiger partial charge in [-0.15, -0.1) is 0 Å². The van der Waals surface area contributed by atoms with Crippen LogP contribution in [0.5, 0.6) is 0 Å². The third kappa shape index (κ3) is 6.10. The van der Waals surface area contributed by atoms with E-state index in [1.54, 1.807) is 0 Å². The number of benzene rings is 1. The predicted molar refractivity (Wildman–Crippen MR) is 236 cm³/mol. The summed E-state index contributed by atoms with van der Waals surface area (Å²) >= 11 is 0. The minimum absolute atomic E-state index is 0.00739. The van der Waals surface area contributed by atoms with Crippen molar-refractivity contribution in [3.05, 3.63) is 69.6 Å². The molecule has 60 heavy (non-hydrogen) atoms. The van der Waals surface area contributed by atoms with Gasteiger partial charge in [0.15, 0.2) is 5.78 Å². The van der Waals surface area contributed by atoms with E-state index in [2.05, 4.69) is 82.3 Å². The number of rotatable bonds is 11. The lowest BCUT2D eigenvalue weighted by atomic mass is 9.34. The Morgan fingerprint density at radius 2 is 1.67 bits per heavy atom. The van der Waals surface area contributed by atoms with Crippen molar-refractivity contribution in [3.8, 4) is 0 Å². The maximum absolute atomic E-state index is 14.9. The maximum Gasteiger partial charge on any atom is 0.160 e. The molecule has 0 bridgehead atoms. The highest BCUT2D eigenvalue weighted by Gasteiger charge is 2.73. The SMILES string of the molecule is Cc1cc(C)cc(Cc2c(CCO)n(C[C@H]3C4=C([C@H](C)C[C@@H](O)[C@H]5OC5(C)C)C(=O)C[C@]4(C)[C@@]4(C)CC[C@@H]5[C@@](C)(CCC(=O)[C@@]5(C)C5CCCC5)[C@H]4[C@@H]3O)c3cc[nH]c23)c1. The van der Waals surface area contributed by atoms with Crippen LogP contribution in [0.3, 0.4) is 0 Å². The number of aromatic nitrogens is 2. The summed E-state index contributed by atoms with van der Waals surface area (Å²) in [6.07, 6.45) is 9.94. The number of aliphatic hydroxyl groups excluding tert-OH is 3. The van der Waals surface area contributed by atoms with E-state index in [0.717, 1.165) is 65.5 Å². The molecule has 4 saturated carbocycles. The Bertz CT molecular complexity index is 2220. The number of aryl methyl sites for hydroxylation is 2. The Balaban J connectivity index is 1.21. The Kier molecular flexibility index (Phi) is 10.2. The lowest BCUT2D eigenvalue weighted by Gasteiger charge is -2.70. The number of carbonyl (C=O) groups excluding carboxylic acids is 2. The zero-order chi connectivity index (χ0) is 42.9. The number of epoxide rings is 1. The van der Waals surface area contributed by atoms with Crippen molar-refractivity contribution < 1.29 is 29.6 Å². The second kappa shape index (κ2) is 14.5. The third-order valence-corrected chi connectivity index (χ3v) is 18.5. The molecule has 6 aliphatic rings. The minimum atomic E-state index is -0.767. The second-order valence-electron chi connectivity index (χ2n) is 22.3. The summed E-state index contributed by atoms with van der Waals surface area (Å²) in [7, 11) is 0. The Morgan fingerprint density at radius 1 is 0.983 bits per heavy atom. The smallest absolute Gasteiger partial charge is 0.160 e. The summed E-state index contributed by atoms with van der Waals surface area (Å²) in [5.74, 6) is 0.389. The number of hydrogen-bond donors (Lipinski definition) is 4. The van der Waals surface area contributed by atoms with E-state index < -0.39 is 23.0 Å². The maximum atomic E-state index is 14.9. The molecule has 11 atom stereocenters. The molecule has 1 aliphatic heterocycles. The lowest BCUT2D eigenvalue weighted by molar-refractivity contribution is -0.227. The number of nitrogens with zero attached hydrogens (tertiary/aromatic N) is 1. The molecule has 5 aliphatic carbocycles. The molecular weight excluding hydrogens is 749 g/mol. The van der Waals surface area contributed by atoms with Gasteiger partial charge >= 0.3 is 0 Å². The molecule has 326 valence electrons. The average molecular weight is 821 g/mol. The molecule has 1 saturated heterocycles. The summed E-state index contributed by atoms with van der Waals surface area (Å²) in [5.41, 5.74) is 7.88. The first-order valence-corrected chi connectivity index (χ1v) is 23.5. The molecule has 8 nitrogen and oxygen atoms in total. The largest absolute Gasteiger partial charge is 0.396 e. The average Bonchev–Trinajstić information content (AvgIpc) is 3.72. The van der Waals surface area contributed by atoms with Gasteiger partial charge in [0.25, 0.3) is 0 Å². The van der Waals surface area contributed by atoms with E-state index in [-0.39, 0.29) is 58.6 Å². The molecule has 1 aromatic carbocycles. The molecule has 2 aromatic heterocycles. The van der Waals surface area contributed by atoms with Crippen molar-refractivity contribution >= 4 is 22.6 Å². The minimum Gasteiger partial charge on any atom is -0.396 e. The van der Waals surface area contributed by atoms with E-state index in [1.807, 2.05) is 20.0 Å². The molecule has 0 amide bonds. The lowest BCUT2D eigenvalue weighted by Crippen LogP contribution is -2.68. The van der Waals surface area contributed by atoms with E-state index in [4.69, 9.17) is 4.74 Å². The first-order chi connectivity index (χ1) is 28.3. The van der Waals surface area contributed by atoms with Crippen LogP contribution >= 0.6 is 0 Å². The predicted octanol–water partition coefficient (Wildman–Crippen LogP) is 9.14. The number of carbonyl (C=O) groups is 2. The van der Waals surface area contributed by atoms with Crippen molar-refractivity contribution in [2.24, 2.45) is 51.2 Å². The highest BCUT2D eigenvalue weighted by atomic mass is 16.6. The van der Waals surface area contributed by atoms with Gasteiger partial charge in [-0.3, -0.25) is 9.59 Å². The van der Waals surface area contributed by atoms with Gasteiger partial charge in [0.2, 0.25) is 0 Å². The Hall–Kier alpha value is -3.04. The van der Waals surface area contributed by atoms with Gasteiger partial charge < -0.3 is 29.6 Å². The molecule has 8 heteroatoms. The highest BCUT2D eigenvalue weighted by molar-refractivity contribution is 6.01. The summed E-state index contributed by atoms with van der Waals surface area (Å²) in [4.78, 5) is 32.8. The van der Waals surface area contributed by atoms with Crippen molar-refractivity contribution in [1.82, 2.24) is 9.55 Å². The molecule has 3 aromatic rings. The third-order valence-electron chi connectivity index (χ3n) is 18.5. The molecule has 3 heterocycles. The van der Waals surface area contributed by atoms with Crippen LogP contribution in [0.2, 0.25) is 0 Å². The Labute approximate surface area is 357 Å². The quantitative estimate of drug-likeness (QED) is 0.143. The number of Topliss-reactive ketones (excluding diaryl/α,β-unsaturated/α-hetero) is 2. The summed E-state index contributed by atoms with van der Waals surface area (Å²) < 4.78 is 8.26. The van der Waals surface area contributed by atoms with Crippen molar-refractivity contribution in [2.45, 2.75) is 170 Å². The normalized spacial score (nSPS) is 37.4. The van der Waals surface area contributed by atoms with Gasteiger partial charge in [0, 0.05) is 73.0 Å². The van der Waals surface area contributed by atoms with E-state index >= 15 is 0 Å². The van der Waals surface area contributed by atoms with Crippen LogP contribution in [0.15, 0.2) is 41.6 Å². The van der Waals surface area contributed by atoms with Crippen LogP contribution in [0, 0.1) is 65.1 Å². The van der Waals surface area contributed by atoms with Crippen molar-refractivity contribution in [3.63, 3.8) is 0 Å². The van der Waals surface area contributed by atoms with Crippen LogP contribution in [0.4, 0.5) is 0 Å². The van der Waals surface area contributed by atoms with Gasteiger partial charge in [0.1, 0.15) is 11.9 Å². The van der Waals surface area contributed by atoms with E-state index in [9.17, 15) is 24.9 Å². The fourth-order valence-corrected chi connectivity index (χ4v) is 15.8. The molecule has 0 radical (unpaired) electrons. The number of nitrogens with one attached hydrogen (secondary N) is 1. The number of ketones is 2. The van der Waals surface area contributed by atoms with Crippen LogP contribution in [0.1, 0.15) is 141 Å². The van der Waals surface area contributed by atoms with Gasteiger partial charge in [-0.05, 0) is 123 Å². The molecule has 9 rings (SSSR count). The Morgan fingerprint density at radius 3 is 2.32 bits per heavy atom. The first kappa shape index (κ1) is 42.3. The molecule has 0 unspecified atom stereocenters. The molecule has 5 fully saturated rings. The number of aliphatic hydroxyl groups is 3. The number of ether oxygens (including phenoxy) is 1. The van der Waals surface area contributed by atoms with Crippen molar-refractivity contribution in [2.75, 3.05) is 6.61 Å². The topological polar surface area (TPSA) is 128 Å². The zero-order valence-corrected chi connectivity index (χ0v) is 37.9. The van der Waals surface area contributed by atoms with Gasteiger partial charge in [0.05, 0.1) is 28.8 Å². The van der Waals surface area contributed by atoms with E-state index in [1.165, 1.54) is 29.5 Å². The van der Waals surface area contributed by atoms with Crippen LogP contribution in [-0.2, 0) is 33.7 Å². The number of hydrogen-bond acceptors (Lipinski definition) is 6. The summed E-state index contributed by atoms with van der Waals surface area (Å²) in [5, 5.41) is 35.8. The van der Waals surface area contributed by atoms with Crippen LogP contribution in [-0.4, -0.2) is 67.0 Å². The van der Waals surface area contributed by atoms with Crippen LogP contribution in [0.25, 0.3) is 11.0 Å². The number of H-pyrrole nitrogens is 1. The fraction of sp³-hybridized carbons (Fsp3) is 0.692. The standard InChI is InChI=1S/C52H72N2O6/c1-29-22-30(2)24-32(23-29)26-34-36(17-21-55)54(37-16-20-53-44(34)37)28-35-43-42(31(3)25-38(56)47-48(4,5)60-47)39(57)27-51(43,8)50(7)19-14-40-49(6,46(50)45(35)59)18-15-41(58)52(40,9)33-12-10-11-13-33/h16,20,22-24,31,33,35,38,40,45-47,53,55-56,59H,10-15,17-19,21,25-28H2,1-9H3/t31-,35+,38-,40-,45-,46-,47-,49-,50+,51+,52+/m1/s1. The van der Waals surface area contributed by atoms with Gasteiger partial charge in [-0.1, -0.05) is 76.8 Å². The number of allylic oxidation sites excluding steroid dienone is 1. The monoisotopic (exact) mass is 821 g/mol. The highest BCUT2D eigenvalue weighted by Crippen LogP contribution is 2.76. The molecule has 0 spiro atoms. The second-order valence-corrected chi connectivity index (χ2v) is 22.3. The molecule has 4 N–H and O–H groups in total. The van der Waals surface area contributed by atoms with Gasteiger partial charge in [-0.25, -0.2) is 0 Å². The van der Waals surface area contributed by atoms with Crippen LogP contribution < -0.4 is 0 Å². The fourth-order valence-electron chi connectivity index (χ4n) is 15.8. The zero-order valence-electron chi connectivity index (χ0n) is 37.9. The summed E-state index contributed by atoms with van der Waals surface area (Å²) in [6.45, 7) is 20.3. The first-order valence-electron chi connectivity index (χ1n) is 23.5. The van der Waals surface area contributed by atoms with Crippen molar-refractivity contribution in [1.29, 1.82) is 0 Å². The molecular formula is C52H72N2O6. The number of fused-ring (bicyclic) bond motifs is 6.